The summed E-state index contributed by atoms with van der Waals surface area (Å²) in [4.78, 5) is 2.62. The second kappa shape index (κ2) is 5.31. The lowest BCUT2D eigenvalue weighted by Gasteiger charge is -2.25. The number of nitrogens with one attached hydrogen (secondary N) is 1. The van der Waals surface area contributed by atoms with Crippen molar-refractivity contribution >= 4 is 0 Å². The molecule has 1 aliphatic carbocycles. The lowest BCUT2D eigenvalue weighted by Crippen LogP contribution is -2.41. The second-order valence-corrected chi connectivity index (χ2v) is 5.58. The summed E-state index contributed by atoms with van der Waals surface area (Å²) in [6.07, 6.45) is 7.16. The summed E-state index contributed by atoms with van der Waals surface area (Å²) in [6, 6.07) is 1.46. The Bertz CT molecular complexity index is 183. The van der Waals surface area contributed by atoms with Gasteiger partial charge in [0.2, 0.25) is 0 Å². The minimum Gasteiger partial charge on any atom is -0.313 e. The van der Waals surface area contributed by atoms with Crippen molar-refractivity contribution in [3.05, 3.63) is 0 Å². The molecule has 0 aromatic heterocycles. The van der Waals surface area contributed by atoms with E-state index >= 15 is 0 Å². The highest BCUT2D eigenvalue weighted by molar-refractivity contribution is 4.80. The molecule has 1 saturated carbocycles. The van der Waals surface area contributed by atoms with E-state index in [-0.39, 0.29) is 0 Å². The number of hydrogen-bond acceptors (Lipinski definition) is 2. The standard InChI is InChI=1S/C13H26N2/c1-11(9-13-5-6-13)14-10-12(2)15-7-3-4-8-15/h11-14H,3-10H2,1-2H3. The minimum atomic E-state index is 0.725. The van der Waals surface area contributed by atoms with Crippen molar-refractivity contribution in [3.8, 4) is 0 Å². The molecule has 0 bridgehead atoms. The predicted molar refractivity (Wildman–Crippen MR) is 65.1 cm³/mol. The van der Waals surface area contributed by atoms with Gasteiger partial charge in [0.25, 0.3) is 0 Å². The molecular weight excluding hydrogens is 184 g/mol. The Morgan fingerprint density at radius 3 is 2.47 bits per heavy atom. The van der Waals surface area contributed by atoms with Crippen molar-refractivity contribution in [2.75, 3.05) is 19.6 Å². The van der Waals surface area contributed by atoms with Crippen molar-refractivity contribution in [3.63, 3.8) is 0 Å². The average molecular weight is 210 g/mol. The van der Waals surface area contributed by atoms with Gasteiger partial charge in [-0.25, -0.2) is 0 Å². The maximum atomic E-state index is 3.69. The lowest BCUT2D eigenvalue weighted by atomic mass is 10.1. The summed E-state index contributed by atoms with van der Waals surface area (Å²) < 4.78 is 0. The summed E-state index contributed by atoms with van der Waals surface area (Å²) >= 11 is 0. The molecule has 88 valence electrons. The molecule has 2 atom stereocenters. The highest BCUT2D eigenvalue weighted by Gasteiger charge is 2.24. The number of likely N-dealkylation sites (tertiary alicyclic amines) is 1. The van der Waals surface area contributed by atoms with Crippen LogP contribution >= 0.6 is 0 Å². The van der Waals surface area contributed by atoms with E-state index in [1.54, 1.807) is 0 Å². The fourth-order valence-corrected chi connectivity index (χ4v) is 2.62. The molecule has 15 heavy (non-hydrogen) atoms. The van der Waals surface area contributed by atoms with Crippen molar-refractivity contribution < 1.29 is 0 Å². The van der Waals surface area contributed by atoms with E-state index in [1.165, 1.54) is 51.7 Å². The molecule has 0 radical (unpaired) electrons. The third-order valence-corrected chi connectivity index (χ3v) is 3.91. The van der Waals surface area contributed by atoms with Crippen LogP contribution in [0.2, 0.25) is 0 Å². The van der Waals surface area contributed by atoms with Crippen molar-refractivity contribution in [1.29, 1.82) is 0 Å². The zero-order valence-corrected chi connectivity index (χ0v) is 10.3. The zero-order valence-electron chi connectivity index (χ0n) is 10.3. The van der Waals surface area contributed by atoms with E-state index in [0.29, 0.717) is 0 Å². The van der Waals surface area contributed by atoms with E-state index in [0.717, 1.165) is 18.0 Å². The van der Waals surface area contributed by atoms with Gasteiger partial charge in [0, 0.05) is 18.6 Å². The van der Waals surface area contributed by atoms with E-state index in [4.69, 9.17) is 0 Å². The van der Waals surface area contributed by atoms with Crippen molar-refractivity contribution in [2.24, 2.45) is 5.92 Å². The van der Waals surface area contributed by atoms with Gasteiger partial charge in [-0.2, -0.15) is 0 Å². The van der Waals surface area contributed by atoms with Gasteiger partial charge in [0.05, 0.1) is 0 Å². The third kappa shape index (κ3) is 3.76. The van der Waals surface area contributed by atoms with Crippen LogP contribution < -0.4 is 5.32 Å². The van der Waals surface area contributed by atoms with Gasteiger partial charge in [-0.1, -0.05) is 12.8 Å². The van der Waals surface area contributed by atoms with Gasteiger partial charge in [-0.3, -0.25) is 4.90 Å². The van der Waals surface area contributed by atoms with Crippen molar-refractivity contribution in [2.45, 2.75) is 58.0 Å². The number of nitrogens with zero attached hydrogens (tertiary/aromatic N) is 1. The average Bonchev–Trinajstić information content (AvgIpc) is 2.86. The summed E-state index contributed by atoms with van der Waals surface area (Å²) in [7, 11) is 0. The van der Waals surface area contributed by atoms with Gasteiger partial charge >= 0.3 is 0 Å². The largest absolute Gasteiger partial charge is 0.313 e. The monoisotopic (exact) mass is 210 g/mol. The number of rotatable bonds is 6. The Labute approximate surface area is 94.4 Å². The van der Waals surface area contributed by atoms with Crippen LogP contribution in [0.3, 0.4) is 0 Å². The lowest BCUT2D eigenvalue weighted by molar-refractivity contribution is 0.245. The summed E-state index contributed by atoms with van der Waals surface area (Å²) in [5.41, 5.74) is 0. The maximum absolute atomic E-state index is 3.69. The molecule has 1 N–H and O–H groups in total. The molecule has 0 aromatic carbocycles. The predicted octanol–water partition coefficient (Wildman–Crippen LogP) is 2.25. The van der Waals surface area contributed by atoms with Crippen LogP contribution in [-0.2, 0) is 0 Å². The van der Waals surface area contributed by atoms with E-state index < -0.39 is 0 Å². The van der Waals surface area contributed by atoms with Crippen LogP contribution in [-0.4, -0.2) is 36.6 Å². The smallest absolute Gasteiger partial charge is 0.0192 e. The van der Waals surface area contributed by atoms with Gasteiger partial charge in [0.1, 0.15) is 0 Å². The summed E-state index contributed by atoms with van der Waals surface area (Å²) in [5, 5.41) is 3.69. The third-order valence-electron chi connectivity index (χ3n) is 3.91. The Kier molecular flexibility index (Phi) is 4.04. The van der Waals surface area contributed by atoms with Gasteiger partial charge in [-0.05, 0) is 52.1 Å². The molecule has 0 amide bonds. The van der Waals surface area contributed by atoms with Crippen LogP contribution in [0.5, 0.6) is 0 Å². The highest BCUT2D eigenvalue weighted by Crippen LogP contribution is 2.33. The molecule has 1 saturated heterocycles. The Morgan fingerprint density at radius 1 is 1.20 bits per heavy atom. The van der Waals surface area contributed by atoms with Gasteiger partial charge in [0.15, 0.2) is 0 Å². The first-order chi connectivity index (χ1) is 7.25. The van der Waals surface area contributed by atoms with Gasteiger partial charge in [-0.15, -0.1) is 0 Å². The first-order valence-corrected chi connectivity index (χ1v) is 6.73. The van der Waals surface area contributed by atoms with Crippen molar-refractivity contribution in [1.82, 2.24) is 10.2 Å². The van der Waals surface area contributed by atoms with Crippen LogP contribution in [0.4, 0.5) is 0 Å². The molecular formula is C13H26N2. The first-order valence-electron chi connectivity index (χ1n) is 6.73. The minimum absolute atomic E-state index is 0.725. The summed E-state index contributed by atoms with van der Waals surface area (Å²) in [6.45, 7) is 8.52. The maximum Gasteiger partial charge on any atom is 0.0192 e. The van der Waals surface area contributed by atoms with E-state index in [2.05, 4.69) is 24.1 Å². The Morgan fingerprint density at radius 2 is 1.87 bits per heavy atom. The number of hydrogen-bond donors (Lipinski definition) is 1. The molecule has 2 aliphatic rings. The highest BCUT2D eigenvalue weighted by atomic mass is 15.2. The molecule has 0 aromatic rings. The molecule has 0 spiro atoms. The quantitative estimate of drug-likeness (QED) is 0.723. The normalized spacial score (nSPS) is 26.8. The van der Waals surface area contributed by atoms with Crippen LogP contribution in [0.25, 0.3) is 0 Å². The Balaban J connectivity index is 1.58. The van der Waals surface area contributed by atoms with Crippen LogP contribution in [0, 0.1) is 5.92 Å². The molecule has 1 heterocycles. The molecule has 1 aliphatic heterocycles. The molecule has 2 nitrogen and oxygen atoms in total. The van der Waals surface area contributed by atoms with Crippen LogP contribution in [0.1, 0.15) is 46.0 Å². The summed E-state index contributed by atoms with van der Waals surface area (Å²) in [5.74, 6) is 1.05. The van der Waals surface area contributed by atoms with E-state index in [1.807, 2.05) is 0 Å². The van der Waals surface area contributed by atoms with Crippen LogP contribution in [0.15, 0.2) is 0 Å². The Hall–Kier alpha value is -0.0800. The molecule has 2 unspecified atom stereocenters. The fourth-order valence-electron chi connectivity index (χ4n) is 2.62. The SMILES string of the molecule is CC(CC1CC1)NCC(C)N1CCCC1. The molecule has 2 fully saturated rings. The van der Waals surface area contributed by atoms with Gasteiger partial charge < -0.3 is 5.32 Å². The zero-order chi connectivity index (χ0) is 10.7. The second-order valence-electron chi connectivity index (χ2n) is 5.58. The van der Waals surface area contributed by atoms with E-state index in [9.17, 15) is 0 Å². The molecule has 2 heteroatoms. The first kappa shape index (κ1) is 11.4. The topological polar surface area (TPSA) is 15.3 Å². The molecule has 2 rings (SSSR count). The fraction of sp³-hybridized carbons (Fsp3) is 1.00.